The molecule has 3 heterocycles. The Labute approximate surface area is 158 Å². The van der Waals surface area contributed by atoms with Crippen LogP contribution in [0.15, 0.2) is 30.6 Å². The molecule has 8 heteroatoms. The number of ether oxygens (including phenoxy) is 2. The topological polar surface area (TPSA) is 68.0 Å². The van der Waals surface area contributed by atoms with Crippen molar-refractivity contribution in [2.24, 2.45) is 0 Å². The van der Waals surface area contributed by atoms with Crippen LogP contribution in [-0.2, 0) is 6.54 Å². The Bertz CT molecular complexity index is 933. The summed E-state index contributed by atoms with van der Waals surface area (Å²) in [6, 6.07) is 5.93. The number of piperazine rings is 1. The first-order valence-corrected chi connectivity index (χ1v) is 9.04. The van der Waals surface area contributed by atoms with E-state index in [1.807, 2.05) is 41.9 Å². The molecular weight excluding hydrogens is 344 g/mol. The fourth-order valence-electron chi connectivity index (χ4n) is 3.52. The van der Waals surface area contributed by atoms with E-state index >= 15 is 0 Å². The van der Waals surface area contributed by atoms with Gasteiger partial charge in [0.15, 0.2) is 5.82 Å². The molecule has 0 unspecified atom stereocenters. The van der Waals surface area contributed by atoms with Gasteiger partial charge >= 0.3 is 0 Å². The SMILES string of the molecule is COc1ccc(OC)c(CN2CCN(c3nccn4c(C)nnc34)CC2)c1. The molecule has 3 aromatic rings. The molecule has 8 nitrogen and oxygen atoms in total. The number of anilines is 1. The number of aromatic nitrogens is 4. The molecule has 142 valence electrons. The predicted octanol–water partition coefficient (Wildman–Crippen LogP) is 1.77. The van der Waals surface area contributed by atoms with Crippen LogP contribution in [-0.4, -0.2) is 64.9 Å². The van der Waals surface area contributed by atoms with E-state index in [1.165, 1.54) is 0 Å². The summed E-state index contributed by atoms with van der Waals surface area (Å²) in [5, 5.41) is 8.45. The number of hydrogen-bond donors (Lipinski definition) is 0. The van der Waals surface area contributed by atoms with Gasteiger partial charge < -0.3 is 14.4 Å². The second kappa shape index (κ2) is 7.40. The van der Waals surface area contributed by atoms with Crippen molar-refractivity contribution < 1.29 is 9.47 Å². The zero-order valence-electron chi connectivity index (χ0n) is 15.9. The van der Waals surface area contributed by atoms with Gasteiger partial charge in [-0.15, -0.1) is 10.2 Å². The number of fused-ring (bicyclic) bond motifs is 1. The van der Waals surface area contributed by atoms with E-state index in [4.69, 9.17) is 9.47 Å². The lowest BCUT2D eigenvalue weighted by atomic mass is 10.1. The van der Waals surface area contributed by atoms with E-state index in [1.54, 1.807) is 14.2 Å². The maximum Gasteiger partial charge on any atom is 0.203 e. The summed E-state index contributed by atoms with van der Waals surface area (Å²) >= 11 is 0. The molecule has 1 aliphatic heterocycles. The molecule has 1 saturated heterocycles. The van der Waals surface area contributed by atoms with Crippen LogP contribution < -0.4 is 14.4 Å². The standard InChI is InChI=1S/C19H24N6O2/c1-14-21-22-19-18(20-6-7-25(14)19)24-10-8-23(9-11-24)13-15-12-16(26-2)4-5-17(15)27-3/h4-7,12H,8-11,13H2,1-3H3. The molecule has 1 fully saturated rings. The van der Waals surface area contributed by atoms with E-state index in [9.17, 15) is 0 Å². The summed E-state index contributed by atoms with van der Waals surface area (Å²) < 4.78 is 12.8. The highest BCUT2D eigenvalue weighted by atomic mass is 16.5. The van der Waals surface area contributed by atoms with Gasteiger partial charge in [0.2, 0.25) is 5.65 Å². The highest BCUT2D eigenvalue weighted by Gasteiger charge is 2.22. The van der Waals surface area contributed by atoms with Crippen LogP contribution >= 0.6 is 0 Å². The van der Waals surface area contributed by atoms with Gasteiger partial charge in [-0.2, -0.15) is 0 Å². The molecule has 2 aromatic heterocycles. The third kappa shape index (κ3) is 3.40. The quantitative estimate of drug-likeness (QED) is 0.680. The Morgan fingerprint density at radius 1 is 1.04 bits per heavy atom. The molecule has 0 atom stereocenters. The van der Waals surface area contributed by atoms with Crippen molar-refractivity contribution in [1.82, 2.24) is 24.5 Å². The lowest BCUT2D eigenvalue weighted by Gasteiger charge is -2.35. The Kier molecular flexibility index (Phi) is 4.81. The van der Waals surface area contributed by atoms with E-state index in [-0.39, 0.29) is 0 Å². The number of methoxy groups -OCH3 is 2. The first kappa shape index (κ1) is 17.5. The molecule has 0 N–H and O–H groups in total. The van der Waals surface area contributed by atoms with Gasteiger partial charge in [0.25, 0.3) is 0 Å². The fraction of sp³-hybridized carbons (Fsp3) is 0.421. The zero-order chi connectivity index (χ0) is 18.8. The third-order valence-electron chi connectivity index (χ3n) is 5.03. The Hall–Kier alpha value is -2.87. The van der Waals surface area contributed by atoms with Gasteiger partial charge in [-0.05, 0) is 25.1 Å². The summed E-state index contributed by atoms with van der Waals surface area (Å²) in [6.07, 6.45) is 3.71. The maximum absolute atomic E-state index is 5.51. The molecule has 1 aliphatic rings. The van der Waals surface area contributed by atoms with Crippen LogP contribution in [0.3, 0.4) is 0 Å². The molecule has 0 aliphatic carbocycles. The minimum absolute atomic E-state index is 0.818. The molecular formula is C19H24N6O2. The zero-order valence-corrected chi connectivity index (χ0v) is 15.9. The average molecular weight is 368 g/mol. The van der Waals surface area contributed by atoms with Crippen molar-refractivity contribution in [1.29, 1.82) is 0 Å². The van der Waals surface area contributed by atoms with Gasteiger partial charge in [0.1, 0.15) is 17.3 Å². The van der Waals surface area contributed by atoms with Crippen LogP contribution in [0, 0.1) is 6.92 Å². The molecule has 4 rings (SSSR count). The Morgan fingerprint density at radius 3 is 2.59 bits per heavy atom. The van der Waals surface area contributed by atoms with Crippen LogP contribution in [0.2, 0.25) is 0 Å². The summed E-state index contributed by atoms with van der Waals surface area (Å²) in [6.45, 7) is 6.45. The molecule has 0 saturated carbocycles. The molecule has 0 bridgehead atoms. The van der Waals surface area contributed by atoms with Crippen LogP contribution in [0.5, 0.6) is 11.5 Å². The number of aryl methyl sites for hydroxylation is 1. The van der Waals surface area contributed by atoms with Crippen LogP contribution in [0.25, 0.3) is 5.65 Å². The average Bonchev–Trinajstić information content (AvgIpc) is 3.10. The molecule has 27 heavy (non-hydrogen) atoms. The molecule has 0 amide bonds. The number of benzene rings is 1. The van der Waals surface area contributed by atoms with Crippen LogP contribution in [0.1, 0.15) is 11.4 Å². The first-order valence-electron chi connectivity index (χ1n) is 9.04. The molecule has 1 aromatic carbocycles. The fourth-order valence-corrected chi connectivity index (χ4v) is 3.52. The normalized spacial score (nSPS) is 15.3. The lowest BCUT2D eigenvalue weighted by Crippen LogP contribution is -2.46. The summed E-state index contributed by atoms with van der Waals surface area (Å²) in [7, 11) is 3.39. The van der Waals surface area contributed by atoms with Gasteiger partial charge in [0, 0.05) is 50.7 Å². The predicted molar refractivity (Wildman–Crippen MR) is 103 cm³/mol. The van der Waals surface area contributed by atoms with Crippen molar-refractivity contribution in [3.05, 3.63) is 42.0 Å². The minimum Gasteiger partial charge on any atom is -0.497 e. The van der Waals surface area contributed by atoms with Crippen molar-refractivity contribution >= 4 is 11.5 Å². The van der Waals surface area contributed by atoms with Crippen LogP contribution in [0.4, 0.5) is 5.82 Å². The Balaban J connectivity index is 1.46. The van der Waals surface area contributed by atoms with E-state index < -0.39 is 0 Å². The van der Waals surface area contributed by atoms with Crippen molar-refractivity contribution in [2.75, 3.05) is 45.3 Å². The van der Waals surface area contributed by atoms with Crippen molar-refractivity contribution in [3.63, 3.8) is 0 Å². The van der Waals surface area contributed by atoms with E-state index in [0.717, 1.165) is 67.1 Å². The first-order chi connectivity index (χ1) is 13.2. The smallest absolute Gasteiger partial charge is 0.203 e. The van der Waals surface area contributed by atoms with E-state index in [0.29, 0.717) is 0 Å². The van der Waals surface area contributed by atoms with Gasteiger partial charge in [-0.25, -0.2) is 4.98 Å². The maximum atomic E-state index is 5.51. The second-order valence-corrected chi connectivity index (χ2v) is 6.63. The summed E-state index contributed by atoms with van der Waals surface area (Å²) in [4.78, 5) is 9.25. The van der Waals surface area contributed by atoms with Gasteiger partial charge in [0.05, 0.1) is 14.2 Å². The van der Waals surface area contributed by atoms with Gasteiger partial charge in [-0.1, -0.05) is 0 Å². The van der Waals surface area contributed by atoms with E-state index in [2.05, 4.69) is 25.0 Å². The van der Waals surface area contributed by atoms with Crippen molar-refractivity contribution in [3.8, 4) is 11.5 Å². The second-order valence-electron chi connectivity index (χ2n) is 6.63. The van der Waals surface area contributed by atoms with Gasteiger partial charge in [-0.3, -0.25) is 9.30 Å². The minimum atomic E-state index is 0.818. The number of nitrogens with zero attached hydrogens (tertiary/aromatic N) is 6. The molecule has 0 spiro atoms. The molecule has 0 radical (unpaired) electrons. The lowest BCUT2D eigenvalue weighted by molar-refractivity contribution is 0.245. The largest absolute Gasteiger partial charge is 0.497 e. The third-order valence-corrected chi connectivity index (χ3v) is 5.03. The van der Waals surface area contributed by atoms with Crippen molar-refractivity contribution in [2.45, 2.75) is 13.5 Å². The Morgan fingerprint density at radius 2 is 1.85 bits per heavy atom. The summed E-state index contributed by atoms with van der Waals surface area (Å²) in [5.74, 6) is 3.51. The monoisotopic (exact) mass is 368 g/mol. The highest BCUT2D eigenvalue weighted by Crippen LogP contribution is 2.26. The number of hydrogen-bond acceptors (Lipinski definition) is 7. The summed E-state index contributed by atoms with van der Waals surface area (Å²) in [5.41, 5.74) is 1.96. The highest BCUT2D eigenvalue weighted by molar-refractivity contribution is 5.63. The number of rotatable bonds is 5.